The standard InChI is InChI=1S/C18H18F3N5OS/c1-10(11-6-7-11)26(9-18(19,20)21)14(27)8-28-17-23-16-15(24-25-17)12-4-2-3-5-13(12)22-16/h2-5,10-11H,6-9H2,1H3,(H,22,23,25)/t10-/m1/s1. The van der Waals surface area contributed by atoms with Gasteiger partial charge < -0.3 is 9.88 Å². The molecule has 10 heteroatoms. The highest BCUT2D eigenvalue weighted by atomic mass is 32.2. The quantitative estimate of drug-likeness (QED) is 0.627. The smallest absolute Gasteiger partial charge is 0.338 e. The van der Waals surface area contributed by atoms with Crippen LogP contribution in [0.25, 0.3) is 22.1 Å². The normalized spacial score (nSPS) is 15.9. The van der Waals surface area contributed by atoms with E-state index in [9.17, 15) is 18.0 Å². The first-order valence-electron chi connectivity index (χ1n) is 8.92. The fourth-order valence-corrected chi connectivity index (χ4v) is 3.93. The second-order valence-corrected chi connectivity index (χ2v) is 7.91. The Morgan fingerprint density at radius 1 is 1.32 bits per heavy atom. The van der Waals surface area contributed by atoms with Crippen molar-refractivity contribution in [2.24, 2.45) is 5.92 Å². The van der Waals surface area contributed by atoms with Crippen molar-refractivity contribution in [1.29, 1.82) is 0 Å². The van der Waals surface area contributed by atoms with E-state index in [1.807, 2.05) is 24.3 Å². The number of carbonyl (C=O) groups excluding carboxylic acids is 1. The lowest BCUT2D eigenvalue weighted by atomic mass is 10.2. The van der Waals surface area contributed by atoms with Crippen molar-refractivity contribution in [3.05, 3.63) is 24.3 Å². The molecule has 148 valence electrons. The molecule has 0 saturated heterocycles. The van der Waals surface area contributed by atoms with E-state index in [-0.39, 0.29) is 16.8 Å². The van der Waals surface area contributed by atoms with E-state index < -0.39 is 24.7 Å². The predicted octanol–water partition coefficient (Wildman–Crippen LogP) is 3.79. The van der Waals surface area contributed by atoms with Crippen molar-refractivity contribution in [1.82, 2.24) is 25.1 Å². The number of hydrogen-bond acceptors (Lipinski definition) is 5. The highest BCUT2D eigenvalue weighted by Crippen LogP contribution is 2.36. The number of para-hydroxylation sites is 1. The first-order chi connectivity index (χ1) is 13.3. The summed E-state index contributed by atoms with van der Waals surface area (Å²) in [7, 11) is 0. The van der Waals surface area contributed by atoms with E-state index in [1.54, 1.807) is 6.92 Å². The third-order valence-corrected chi connectivity index (χ3v) is 5.72. The summed E-state index contributed by atoms with van der Waals surface area (Å²) in [5, 5.41) is 9.31. The van der Waals surface area contributed by atoms with Gasteiger partial charge in [0.1, 0.15) is 12.1 Å². The minimum absolute atomic E-state index is 0.150. The number of fused-ring (bicyclic) bond motifs is 3. The molecule has 0 unspecified atom stereocenters. The molecular formula is C18H18F3N5OS. The van der Waals surface area contributed by atoms with Crippen molar-refractivity contribution in [3.63, 3.8) is 0 Å². The Hall–Kier alpha value is -2.36. The van der Waals surface area contributed by atoms with E-state index in [1.165, 1.54) is 0 Å². The molecule has 2 heterocycles. The summed E-state index contributed by atoms with van der Waals surface area (Å²) in [4.78, 5) is 20.9. The molecule has 1 N–H and O–H groups in total. The lowest BCUT2D eigenvalue weighted by Gasteiger charge is -2.30. The molecule has 1 aromatic carbocycles. The van der Waals surface area contributed by atoms with Crippen LogP contribution in [-0.4, -0.2) is 55.5 Å². The van der Waals surface area contributed by atoms with Gasteiger partial charge in [-0.15, -0.1) is 10.2 Å². The fourth-order valence-electron chi connectivity index (χ4n) is 3.26. The van der Waals surface area contributed by atoms with Crippen LogP contribution < -0.4 is 0 Å². The molecule has 1 aliphatic rings. The number of benzene rings is 1. The second kappa shape index (κ2) is 7.23. The molecule has 0 aliphatic heterocycles. The summed E-state index contributed by atoms with van der Waals surface area (Å²) in [5.74, 6) is -0.584. The van der Waals surface area contributed by atoms with Crippen LogP contribution in [0.5, 0.6) is 0 Å². The van der Waals surface area contributed by atoms with Crippen molar-refractivity contribution in [2.45, 2.75) is 37.1 Å². The zero-order valence-electron chi connectivity index (χ0n) is 15.0. The third kappa shape index (κ3) is 4.06. The number of H-pyrrole nitrogens is 1. The molecule has 1 amide bonds. The molecule has 0 radical (unpaired) electrons. The maximum Gasteiger partial charge on any atom is 0.406 e. The Balaban J connectivity index is 1.48. The summed E-state index contributed by atoms with van der Waals surface area (Å²) in [6, 6.07) is 7.13. The second-order valence-electron chi connectivity index (χ2n) is 6.97. The van der Waals surface area contributed by atoms with Crippen molar-refractivity contribution in [3.8, 4) is 0 Å². The molecule has 3 aromatic rings. The van der Waals surface area contributed by atoms with Gasteiger partial charge in [-0.2, -0.15) is 13.2 Å². The monoisotopic (exact) mass is 409 g/mol. The molecule has 6 nitrogen and oxygen atoms in total. The van der Waals surface area contributed by atoms with Crippen LogP contribution in [-0.2, 0) is 4.79 Å². The van der Waals surface area contributed by atoms with Crippen LogP contribution in [0.2, 0.25) is 0 Å². The van der Waals surface area contributed by atoms with Crippen LogP contribution in [0.1, 0.15) is 19.8 Å². The Labute approximate surface area is 162 Å². The summed E-state index contributed by atoms with van der Waals surface area (Å²) in [5.41, 5.74) is 2.02. The lowest BCUT2D eigenvalue weighted by Crippen LogP contribution is -2.46. The van der Waals surface area contributed by atoms with E-state index in [0.717, 1.165) is 40.4 Å². The highest BCUT2D eigenvalue weighted by molar-refractivity contribution is 7.99. The van der Waals surface area contributed by atoms with Crippen LogP contribution in [0, 0.1) is 5.92 Å². The Kier molecular flexibility index (Phi) is 4.90. The van der Waals surface area contributed by atoms with Gasteiger partial charge in [0.2, 0.25) is 11.1 Å². The Morgan fingerprint density at radius 3 is 2.79 bits per heavy atom. The number of carbonyl (C=O) groups is 1. The van der Waals surface area contributed by atoms with Gasteiger partial charge in [-0.05, 0) is 31.7 Å². The van der Waals surface area contributed by atoms with Crippen molar-refractivity contribution in [2.75, 3.05) is 12.3 Å². The molecule has 0 spiro atoms. The average Bonchev–Trinajstić information content (AvgIpc) is 3.43. The topological polar surface area (TPSA) is 74.8 Å². The first kappa shape index (κ1) is 19.0. The number of amides is 1. The van der Waals surface area contributed by atoms with Crippen LogP contribution >= 0.6 is 11.8 Å². The number of aromatic nitrogens is 4. The predicted molar refractivity (Wildman–Crippen MR) is 99.9 cm³/mol. The zero-order valence-corrected chi connectivity index (χ0v) is 15.8. The van der Waals surface area contributed by atoms with Crippen molar-refractivity contribution >= 4 is 39.7 Å². The summed E-state index contributed by atoms with van der Waals surface area (Å²) >= 11 is 0.994. The molecule has 1 fully saturated rings. The van der Waals surface area contributed by atoms with E-state index >= 15 is 0 Å². The van der Waals surface area contributed by atoms with Gasteiger partial charge >= 0.3 is 6.18 Å². The summed E-state index contributed by atoms with van der Waals surface area (Å²) in [6.45, 7) is 0.449. The van der Waals surface area contributed by atoms with Crippen LogP contribution in [0.15, 0.2) is 29.4 Å². The maximum atomic E-state index is 12.9. The molecule has 1 atom stereocenters. The van der Waals surface area contributed by atoms with Crippen molar-refractivity contribution < 1.29 is 18.0 Å². The van der Waals surface area contributed by atoms with E-state index in [2.05, 4.69) is 20.2 Å². The number of aromatic amines is 1. The van der Waals surface area contributed by atoms with E-state index in [4.69, 9.17) is 0 Å². The summed E-state index contributed by atoms with van der Waals surface area (Å²) in [6.07, 6.45) is -2.70. The average molecular weight is 409 g/mol. The SMILES string of the molecule is C[C@H](C1CC1)N(CC(F)(F)F)C(=O)CSc1nnc2c(n1)[nH]c1ccccc12. The molecule has 0 bridgehead atoms. The minimum Gasteiger partial charge on any atom is -0.338 e. The van der Waals surface area contributed by atoms with Gasteiger partial charge in [-0.1, -0.05) is 30.0 Å². The minimum atomic E-state index is -4.43. The largest absolute Gasteiger partial charge is 0.406 e. The molecule has 4 rings (SSSR count). The summed E-state index contributed by atoms with van der Waals surface area (Å²) < 4.78 is 38.7. The van der Waals surface area contributed by atoms with Crippen LogP contribution in [0.3, 0.4) is 0 Å². The number of thioether (sulfide) groups is 1. The number of halogens is 3. The Bertz CT molecular complexity index is 1020. The molecule has 28 heavy (non-hydrogen) atoms. The van der Waals surface area contributed by atoms with Gasteiger partial charge in [-0.3, -0.25) is 4.79 Å². The number of nitrogens with zero attached hydrogens (tertiary/aromatic N) is 4. The number of hydrogen-bond donors (Lipinski definition) is 1. The van der Waals surface area contributed by atoms with Gasteiger partial charge in [0.05, 0.1) is 5.75 Å². The molecule has 1 saturated carbocycles. The van der Waals surface area contributed by atoms with Gasteiger partial charge in [0, 0.05) is 16.9 Å². The number of nitrogens with one attached hydrogen (secondary N) is 1. The maximum absolute atomic E-state index is 12.9. The van der Waals surface area contributed by atoms with E-state index in [0.29, 0.717) is 11.2 Å². The zero-order chi connectivity index (χ0) is 19.9. The fraction of sp³-hybridized carbons (Fsp3) is 0.444. The van der Waals surface area contributed by atoms with Crippen LogP contribution in [0.4, 0.5) is 13.2 Å². The lowest BCUT2D eigenvalue weighted by molar-refractivity contribution is -0.164. The highest BCUT2D eigenvalue weighted by Gasteiger charge is 2.40. The number of rotatable bonds is 6. The third-order valence-electron chi connectivity index (χ3n) is 4.89. The number of alkyl halides is 3. The molecular weight excluding hydrogens is 391 g/mol. The van der Waals surface area contributed by atoms with Gasteiger partial charge in [-0.25, -0.2) is 4.98 Å². The Morgan fingerprint density at radius 2 is 2.07 bits per heavy atom. The first-order valence-corrected chi connectivity index (χ1v) is 9.90. The van der Waals surface area contributed by atoms with Gasteiger partial charge in [0.25, 0.3) is 0 Å². The molecule has 1 aliphatic carbocycles. The van der Waals surface area contributed by atoms with Gasteiger partial charge in [0.15, 0.2) is 5.65 Å². The molecule has 2 aromatic heterocycles.